The van der Waals surface area contributed by atoms with Gasteiger partial charge in [-0.1, -0.05) is 6.07 Å². The van der Waals surface area contributed by atoms with Crippen LogP contribution in [0.2, 0.25) is 0 Å². The number of carbonyl (C=O) groups is 2. The van der Waals surface area contributed by atoms with Crippen LogP contribution in [0.4, 0.5) is 0 Å². The smallest absolute Gasteiger partial charge is 0.306 e. The third-order valence-electron chi connectivity index (χ3n) is 4.04. The van der Waals surface area contributed by atoms with Gasteiger partial charge in [0, 0.05) is 19.3 Å². The Morgan fingerprint density at radius 1 is 1.29 bits per heavy atom. The number of aliphatic carboxylic acids is 1. The number of pyridine rings is 1. The van der Waals surface area contributed by atoms with E-state index in [1.54, 1.807) is 9.30 Å². The summed E-state index contributed by atoms with van der Waals surface area (Å²) >= 11 is 0. The molecule has 2 aromatic heterocycles. The summed E-state index contributed by atoms with van der Waals surface area (Å²) in [5.41, 5.74) is 2.02. The molecule has 1 fully saturated rings. The molecule has 1 aliphatic rings. The lowest BCUT2D eigenvalue weighted by Gasteiger charge is -2.30. The van der Waals surface area contributed by atoms with E-state index in [1.807, 2.05) is 31.3 Å². The van der Waals surface area contributed by atoms with Gasteiger partial charge in [-0.05, 0) is 31.9 Å². The zero-order valence-electron chi connectivity index (χ0n) is 11.8. The van der Waals surface area contributed by atoms with Gasteiger partial charge < -0.3 is 10.0 Å². The summed E-state index contributed by atoms with van der Waals surface area (Å²) in [6, 6.07) is 5.61. The zero-order chi connectivity index (χ0) is 15.0. The van der Waals surface area contributed by atoms with Crippen molar-refractivity contribution in [2.45, 2.75) is 19.8 Å². The van der Waals surface area contributed by atoms with Crippen molar-refractivity contribution in [1.29, 1.82) is 0 Å². The number of carbonyl (C=O) groups excluding carboxylic acids is 1. The summed E-state index contributed by atoms with van der Waals surface area (Å²) < 4.78 is 1.79. The maximum atomic E-state index is 12.7. The van der Waals surface area contributed by atoms with Gasteiger partial charge in [0.25, 0.3) is 5.91 Å². The van der Waals surface area contributed by atoms with E-state index in [9.17, 15) is 9.59 Å². The summed E-state index contributed by atoms with van der Waals surface area (Å²) in [4.78, 5) is 29.8. The molecule has 1 amide bonds. The number of hydrogen-bond donors (Lipinski definition) is 1. The molecular weight excluding hydrogens is 270 g/mol. The Hall–Kier alpha value is -2.37. The number of hydrogen-bond acceptors (Lipinski definition) is 3. The SMILES string of the molecule is Cc1nc2ccccn2c1C(=O)N1CCC(C(=O)O)CC1. The first kappa shape index (κ1) is 13.6. The van der Waals surface area contributed by atoms with Crippen LogP contribution in [-0.2, 0) is 4.79 Å². The van der Waals surface area contributed by atoms with E-state index in [0.717, 1.165) is 5.65 Å². The van der Waals surface area contributed by atoms with Gasteiger partial charge in [-0.25, -0.2) is 4.98 Å². The summed E-state index contributed by atoms with van der Waals surface area (Å²) in [6.07, 6.45) is 2.85. The lowest BCUT2D eigenvalue weighted by molar-refractivity contribution is -0.143. The maximum Gasteiger partial charge on any atom is 0.306 e. The van der Waals surface area contributed by atoms with Crippen molar-refractivity contribution >= 4 is 17.5 Å². The lowest BCUT2D eigenvalue weighted by atomic mass is 9.97. The topological polar surface area (TPSA) is 74.9 Å². The fourth-order valence-corrected chi connectivity index (χ4v) is 2.85. The fraction of sp³-hybridized carbons (Fsp3) is 0.400. The summed E-state index contributed by atoms with van der Waals surface area (Å²) in [6.45, 7) is 2.79. The average Bonchev–Trinajstić information content (AvgIpc) is 2.82. The number of carboxylic acid groups (broad SMARTS) is 1. The second-order valence-corrected chi connectivity index (χ2v) is 5.38. The van der Waals surface area contributed by atoms with Crippen LogP contribution in [0.1, 0.15) is 29.0 Å². The highest BCUT2D eigenvalue weighted by Crippen LogP contribution is 2.21. The van der Waals surface area contributed by atoms with Gasteiger partial charge in [0.1, 0.15) is 11.3 Å². The Kier molecular flexibility index (Phi) is 3.37. The predicted octanol–water partition coefficient (Wildman–Crippen LogP) is 1.58. The maximum absolute atomic E-state index is 12.7. The molecule has 0 aliphatic carbocycles. The van der Waals surface area contributed by atoms with Gasteiger partial charge in [-0.2, -0.15) is 0 Å². The number of aryl methyl sites for hydroxylation is 1. The monoisotopic (exact) mass is 287 g/mol. The van der Waals surface area contributed by atoms with Gasteiger partial charge in [-0.3, -0.25) is 14.0 Å². The van der Waals surface area contributed by atoms with Crippen molar-refractivity contribution in [3.8, 4) is 0 Å². The van der Waals surface area contributed by atoms with Crippen molar-refractivity contribution in [3.63, 3.8) is 0 Å². The Morgan fingerprint density at radius 2 is 2.00 bits per heavy atom. The standard InChI is InChI=1S/C15H17N3O3/c1-10-13(18-7-3-2-4-12(18)16-10)14(19)17-8-5-11(6-9-17)15(20)21/h2-4,7,11H,5-6,8-9H2,1H3,(H,20,21). The molecule has 0 atom stereocenters. The Balaban J connectivity index is 1.85. The highest BCUT2D eigenvalue weighted by Gasteiger charge is 2.29. The zero-order valence-corrected chi connectivity index (χ0v) is 11.8. The van der Waals surface area contributed by atoms with E-state index in [2.05, 4.69) is 4.98 Å². The van der Waals surface area contributed by atoms with Gasteiger partial charge >= 0.3 is 5.97 Å². The van der Waals surface area contributed by atoms with E-state index in [-0.39, 0.29) is 11.8 Å². The van der Waals surface area contributed by atoms with Crippen LogP contribution >= 0.6 is 0 Å². The van der Waals surface area contributed by atoms with Crippen LogP contribution in [-0.4, -0.2) is 44.4 Å². The number of amides is 1. The van der Waals surface area contributed by atoms with Gasteiger partial charge in [0.2, 0.25) is 0 Å². The first-order chi connectivity index (χ1) is 10.1. The second kappa shape index (κ2) is 5.20. The Morgan fingerprint density at radius 3 is 2.67 bits per heavy atom. The number of nitrogens with zero attached hydrogens (tertiary/aromatic N) is 3. The first-order valence-electron chi connectivity index (χ1n) is 7.03. The first-order valence-corrected chi connectivity index (χ1v) is 7.03. The second-order valence-electron chi connectivity index (χ2n) is 5.38. The van der Waals surface area contributed by atoms with Crippen LogP contribution in [0, 0.1) is 12.8 Å². The van der Waals surface area contributed by atoms with Crippen molar-refractivity contribution in [1.82, 2.24) is 14.3 Å². The molecular formula is C15H17N3O3. The van der Waals surface area contributed by atoms with Crippen molar-refractivity contribution in [2.24, 2.45) is 5.92 Å². The minimum Gasteiger partial charge on any atom is -0.481 e. The molecule has 1 saturated heterocycles. The molecule has 2 aromatic rings. The summed E-state index contributed by atoms with van der Waals surface area (Å²) in [5, 5.41) is 9.01. The molecule has 0 aromatic carbocycles. The number of piperidine rings is 1. The van der Waals surface area contributed by atoms with E-state index < -0.39 is 5.97 Å². The molecule has 3 rings (SSSR count). The van der Waals surface area contributed by atoms with Crippen LogP contribution in [0.15, 0.2) is 24.4 Å². The number of aromatic nitrogens is 2. The number of likely N-dealkylation sites (tertiary alicyclic amines) is 1. The molecule has 110 valence electrons. The minimum absolute atomic E-state index is 0.0740. The normalized spacial score (nSPS) is 16.3. The van der Waals surface area contributed by atoms with E-state index in [1.165, 1.54) is 0 Å². The number of carboxylic acids is 1. The van der Waals surface area contributed by atoms with Crippen LogP contribution < -0.4 is 0 Å². The molecule has 21 heavy (non-hydrogen) atoms. The van der Waals surface area contributed by atoms with Crippen molar-refractivity contribution in [2.75, 3.05) is 13.1 Å². The third kappa shape index (κ3) is 2.37. The minimum atomic E-state index is -0.770. The van der Waals surface area contributed by atoms with E-state index >= 15 is 0 Å². The van der Waals surface area contributed by atoms with Crippen LogP contribution in [0.25, 0.3) is 5.65 Å². The molecule has 6 heteroatoms. The van der Waals surface area contributed by atoms with Gasteiger partial charge in [-0.15, -0.1) is 0 Å². The molecule has 0 saturated carbocycles. The van der Waals surface area contributed by atoms with E-state index in [4.69, 9.17) is 5.11 Å². The predicted molar refractivity (Wildman–Crippen MR) is 76.2 cm³/mol. The molecule has 6 nitrogen and oxygen atoms in total. The van der Waals surface area contributed by atoms with Crippen molar-refractivity contribution < 1.29 is 14.7 Å². The number of fused-ring (bicyclic) bond motifs is 1. The third-order valence-corrected chi connectivity index (χ3v) is 4.04. The molecule has 0 spiro atoms. The quantitative estimate of drug-likeness (QED) is 0.910. The Bertz CT molecular complexity index is 699. The van der Waals surface area contributed by atoms with Gasteiger partial charge in [0.05, 0.1) is 11.6 Å². The molecule has 1 aliphatic heterocycles. The molecule has 1 N–H and O–H groups in total. The average molecular weight is 287 g/mol. The molecule has 0 unspecified atom stereocenters. The fourth-order valence-electron chi connectivity index (χ4n) is 2.85. The summed E-state index contributed by atoms with van der Waals surface area (Å²) in [5.74, 6) is -1.18. The van der Waals surface area contributed by atoms with Crippen LogP contribution in [0.5, 0.6) is 0 Å². The Labute approximate surface area is 122 Å². The number of imidazole rings is 1. The molecule has 3 heterocycles. The van der Waals surface area contributed by atoms with Gasteiger partial charge in [0.15, 0.2) is 0 Å². The lowest BCUT2D eigenvalue weighted by Crippen LogP contribution is -2.40. The molecule has 0 bridgehead atoms. The largest absolute Gasteiger partial charge is 0.481 e. The van der Waals surface area contributed by atoms with Crippen LogP contribution in [0.3, 0.4) is 0 Å². The summed E-state index contributed by atoms with van der Waals surface area (Å²) in [7, 11) is 0. The van der Waals surface area contributed by atoms with E-state index in [0.29, 0.717) is 37.3 Å². The van der Waals surface area contributed by atoms with Crippen molar-refractivity contribution in [3.05, 3.63) is 35.8 Å². The highest BCUT2D eigenvalue weighted by molar-refractivity contribution is 5.94. The number of rotatable bonds is 2. The highest BCUT2D eigenvalue weighted by atomic mass is 16.4. The molecule has 0 radical (unpaired) electrons.